The fourth-order valence-corrected chi connectivity index (χ4v) is 3.86. The number of carbonyl (C=O) groups is 3. The van der Waals surface area contributed by atoms with Gasteiger partial charge >= 0.3 is 0 Å². The topological polar surface area (TPSA) is 74.7 Å². The first-order chi connectivity index (χ1) is 15.5. The summed E-state index contributed by atoms with van der Waals surface area (Å²) in [6, 6.07) is 20.2. The van der Waals surface area contributed by atoms with Crippen LogP contribution >= 0.6 is 0 Å². The summed E-state index contributed by atoms with van der Waals surface area (Å²) in [6.45, 7) is 3.89. The Hall–Kier alpha value is -3.87. The zero-order valence-corrected chi connectivity index (χ0v) is 18.0. The SMILES string of the molecule is Cc1cccc(NC(=O)Cn2cccc2C(=O)N2CCN(C(=O)c3ccccc3)CC2)c1. The van der Waals surface area contributed by atoms with E-state index in [0.29, 0.717) is 37.4 Å². The molecule has 0 aliphatic carbocycles. The van der Waals surface area contributed by atoms with Gasteiger partial charge in [-0.15, -0.1) is 0 Å². The Morgan fingerprint density at radius 2 is 1.50 bits per heavy atom. The molecule has 2 heterocycles. The first-order valence-corrected chi connectivity index (χ1v) is 10.7. The van der Waals surface area contributed by atoms with Crippen LogP contribution in [0.4, 0.5) is 5.69 Å². The van der Waals surface area contributed by atoms with E-state index in [-0.39, 0.29) is 24.3 Å². The van der Waals surface area contributed by atoms with Crippen molar-refractivity contribution in [3.8, 4) is 0 Å². The van der Waals surface area contributed by atoms with Crippen molar-refractivity contribution in [1.29, 1.82) is 0 Å². The summed E-state index contributed by atoms with van der Waals surface area (Å²) in [5, 5.41) is 2.87. The summed E-state index contributed by atoms with van der Waals surface area (Å²) in [5.41, 5.74) is 2.91. The summed E-state index contributed by atoms with van der Waals surface area (Å²) in [7, 11) is 0. The molecule has 0 radical (unpaired) electrons. The first kappa shape index (κ1) is 21.4. The summed E-state index contributed by atoms with van der Waals surface area (Å²) in [6.07, 6.45) is 1.73. The molecule has 1 aromatic heterocycles. The van der Waals surface area contributed by atoms with Crippen LogP contribution in [0.3, 0.4) is 0 Å². The number of amides is 3. The number of carbonyl (C=O) groups excluding carboxylic acids is 3. The maximum absolute atomic E-state index is 13.1. The van der Waals surface area contributed by atoms with Gasteiger partial charge in [-0.3, -0.25) is 14.4 Å². The fraction of sp³-hybridized carbons (Fsp3) is 0.240. The number of aromatic nitrogens is 1. The molecule has 3 aromatic rings. The molecule has 3 amide bonds. The van der Waals surface area contributed by atoms with Crippen LogP contribution in [0.15, 0.2) is 72.9 Å². The van der Waals surface area contributed by atoms with Crippen LogP contribution in [0.2, 0.25) is 0 Å². The number of rotatable bonds is 5. The number of nitrogens with zero attached hydrogens (tertiary/aromatic N) is 3. The van der Waals surface area contributed by atoms with E-state index in [2.05, 4.69) is 5.32 Å². The van der Waals surface area contributed by atoms with Crippen molar-refractivity contribution in [2.45, 2.75) is 13.5 Å². The number of anilines is 1. The third kappa shape index (κ3) is 4.88. The maximum atomic E-state index is 13.1. The van der Waals surface area contributed by atoms with Gasteiger partial charge in [0.05, 0.1) is 0 Å². The Morgan fingerprint density at radius 1 is 0.812 bits per heavy atom. The molecule has 0 saturated carbocycles. The van der Waals surface area contributed by atoms with Gasteiger partial charge in [0.1, 0.15) is 12.2 Å². The monoisotopic (exact) mass is 430 g/mol. The summed E-state index contributed by atoms with van der Waals surface area (Å²) < 4.78 is 1.66. The normalized spacial score (nSPS) is 13.7. The molecule has 7 nitrogen and oxygen atoms in total. The smallest absolute Gasteiger partial charge is 0.270 e. The molecule has 1 saturated heterocycles. The van der Waals surface area contributed by atoms with Gasteiger partial charge in [0, 0.05) is 43.6 Å². The van der Waals surface area contributed by atoms with Gasteiger partial charge in [-0.1, -0.05) is 30.3 Å². The minimum absolute atomic E-state index is 0.0195. The van der Waals surface area contributed by atoms with Gasteiger partial charge in [0.2, 0.25) is 5.91 Å². The number of nitrogens with one attached hydrogen (secondary N) is 1. The molecule has 4 rings (SSSR count). The van der Waals surface area contributed by atoms with Gasteiger partial charge in [0.15, 0.2) is 0 Å². The highest BCUT2D eigenvalue weighted by Gasteiger charge is 2.27. The standard InChI is InChI=1S/C25H26N4O3/c1-19-7-5-10-21(17-19)26-23(30)18-29-12-6-11-22(29)25(32)28-15-13-27(14-16-28)24(31)20-8-3-2-4-9-20/h2-12,17H,13-16,18H2,1H3,(H,26,30). The minimum Gasteiger partial charge on any atom is -0.335 e. The highest BCUT2D eigenvalue weighted by molar-refractivity contribution is 5.96. The van der Waals surface area contributed by atoms with Crippen molar-refractivity contribution >= 4 is 23.4 Å². The van der Waals surface area contributed by atoms with Gasteiger partial charge in [-0.05, 0) is 48.9 Å². The predicted octanol–water partition coefficient (Wildman–Crippen LogP) is 3.03. The third-order valence-corrected chi connectivity index (χ3v) is 5.54. The Kier molecular flexibility index (Phi) is 6.35. The summed E-state index contributed by atoms with van der Waals surface area (Å²) >= 11 is 0. The lowest BCUT2D eigenvalue weighted by molar-refractivity contribution is -0.116. The zero-order valence-electron chi connectivity index (χ0n) is 18.0. The average Bonchev–Trinajstić information content (AvgIpc) is 3.26. The number of aryl methyl sites for hydroxylation is 1. The molecule has 164 valence electrons. The minimum atomic E-state index is -0.195. The Labute approximate surface area is 187 Å². The molecule has 1 aliphatic rings. The Bertz CT molecular complexity index is 1110. The Morgan fingerprint density at radius 3 is 2.19 bits per heavy atom. The molecule has 2 aromatic carbocycles. The molecule has 1 aliphatic heterocycles. The highest BCUT2D eigenvalue weighted by atomic mass is 16.2. The molecular formula is C25H26N4O3. The third-order valence-electron chi connectivity index (χ3n) is 5.54. The quantitative estimate of drug-likeness (QED) is 0.676. The fourth-order valence-electron chi connectivity index (χ4n) is 3.86. The molecule has 0 bridgehead atoms. The molecule has 0 spiro atoms. The molecule has 0 atom stereocenters. The second kappa shape index (κ2) is 9.51. The highest BCUT2D eigenvalue weighted by Crippen LogP contribution is 2.14. The van der Waals surface area contributed by atoms with Gasteiger partial charge in [0.25, 0.3) is 11.8 Å². The lowest BCUT2D eigenvalue weighted by Crippen LogP contribution is -2.51. The van der Waals surface area contributed by atoms with Gasteiger partial charge in [-0.25, -0.2) is 0 Å². The largest absolute Gasteiger partial charge is 0.335 e. The first-order valence-electron chi connectivity index (χ1n) is 10.7. The lowest BCUT2D eigenvalue weighted by atomic mass is 10.2. The predicted molar refractivity (Wildman–Crippen MR) is 122 cm³/mol. The summed E-state index contributed by atoms with van der Waals surface area (Å²) in [4.78, 5) is 41.7. The van der Waals surface area contributed by atoms with Crippen LogP contribution in [0.25, 0.3) is 0 Å². The van der Waals surface area contributed by atoms with Crippen LogP contribution in [0.5, 0.6) is 0 Å². The number of benzene rings is 2. The maximum Gasteiger partial charge on any atom is 0.270 e. The van der Waals surface area contributed by atoms with Crippen molar-refractivity contribution in [2.75, 3.05) is 31.5 Å². The molecule has 1 N–H and O–H groups in total. The lowest BCUT2D eigenvalue weighted by Gasteiger charge is -2.35. The van der Waals surface area contributed by atoms with Crippen molar-refractivity contribution in [1.82, 2.24) is 14.4 Å². The van der Waals surface area contributed by atoms with Crippen LogP contribution in [0.1, 0.15) is 26.4 Å². The van der Waals surface area contributed by atoms with E-state index in [9.17, 15) is 14.4 Å². The van der Waals surface area contributed by atoms with E-state index in [1.54, 1.807) is 44.8 Å². The van der Waals surface area contributed by atoms with Crippen molar-refractivity contribution in [3.05, 3.63) is 89.7 Å². The van der Waals surface area contributed by atoms with Crippen LogP contribution in [-0.2, 0) is 11.3 Å². The second-order valence-electron chi connectivity index (χ2n) is 7.89. The number of hydrogen-bond donors (Lipinski definition) is 1. The molecule has 32 heavy (non-hydrogen) atoms. The van der Waals surface area contributed by atoms with Gasteiger partial charge in [-0.2, -0.15) is 0 Å². The van der Waals surface area contributed by atoms with E-state index >= 15 is 0 Å². The zero-order chi connectivity index (χ0) is 22.5. The number of piperazine rings is 1. The van der Waals surface area contributed by atoms with E-state index < -0.39 is 0 Å². The van der Waals surface area contributed by atoms with E-state index in [1.807, 2.05) is 49.4 Å². The molecule has 7 heteroatoms. The second-order valence-corrected chi connectivity index (χ2v) is 7.89. The Balaban J connectivity index is 1.35. The van der Waals surface area contributed by atoms with E-state index in [1.165, 1.54) is 0 Å². The average molecular weight is 431 g/mol. The van der Waals surface area contributed by atoms with E-state index in [4.69, 9.17) is 0 Å². The number of hydrogen-bond acceptors (Lipinski definition) is 3. The van der Waals surface area contributed by atoms with Gasteiger partial charge < -0.3 is 19.7 Å². The summed E-state index contributed by atoms with van der Waals surface area (Å²) in [5.74, 6) is -0.349. The van der Waals surface area contributed by atoms with Crippen LogP contribution in [-0.4, -0.2) is 58.3 Å². The van der Waals surface area contributed by atoms with E-state index in [0.717, 1.165) is 11.3 Å². The molecule has 0 unspecified atom stereocenters. The van der Waals surface area contributed by atoms with Crippen molar-refractivity contribution < 1.29 is 14.4 Å². The molecular weight excluding hydrogens is 404 g/mol. The van der Waals surface area contributed by atoms with Crippen LogP contribution < -0.4 is 5.32 Å². The van der Waals surface area contributed by atoms with Crippen molar-refractivity contribution in [3.63, 3.8) is 0 Å². The molecule has 1 fully saturated rings. The van der Waals surface area contributed by atoms with Crippen LogP contribution in [0, 0.1) is 6.92 Å². The van der Waals surface area contributed by atoms with Crippen molar-refractivity contribution in [2.24, 2.45) is 0 Å².